The summed E-state index contributed by atoms with van der Waals surface area (Å²) in [5, 5.41) is 24.1. The standard InChI is InChI=1S/C26H24N2O7/c1-15-8-9-18(25(34-3)20(15)13-27-31)23(29)16-6-5-7-17(12-16)24(30)19-10-11-22(33-2)21(14-28-32)26(19)35-4/h5-14,31-32H,1-4H3/b27-13-,28-14-. The van der Waals surface area contributed by atoms with E-state index in [0.717, 1.165) is 11.8 Å². The summed E-state index contributed by atoms with van der Waals surface area (Å²) in [6, 6.07) is 12.7. The van der Waals surface area contributed by atoms with E-state index in [1.54, 1.807) is 43.3 Å². The number of nitrogens with zero attached hydrogens (tertiary/aromatic N) is 2. The molecule has 9 nitrogen and oxygen atoms in total. The van der Waals surface area contributed by atoms with Gasteiger partial charge in [-0.15, -0.1) is 0 Å². The lowest BCUT2D eigenvalue weighted by molar-refractivity contribution is 0.103. The largest absolute Gasteiger partial charge is 0.496 e. The Morgan fingerprint density at radius 3 is 1.77 bits per heavy atom. The van der Waals surface area contributed by atoms with Crippen molar-refractivity contribution >= 4 is 24.0 Å². The molecule has 0 saturated heterocycles. The van der Waals surface area contributed by atoms with Crippen LogP contribution >= 0.6 is 0 Å². The third kappa shape index (κ3) is 4.84. The van der Waals surface area contributed by atoms with Gasteiger partial charge in [-0.2, -0.15) is 0 Å². The first kappa shape index (κ1) is 25.0. The quantitative estimate of drug-likeness (QED) is 0.206. The van der Waals surface area contributed by atoms with Crippen molar-refractivity contribution in [1.29, 1.82) is 0 Å². The average molecular weight is 476 g/mol. The molecule has 35 heavy (non-hydrogen) atoms. The molecule has 0 spiro atoms. The van der Waals surface area contributed by atoms with Gasteiger partial charge in [-0.1, -0.05) is 34.6 Å². The van der Waals surface area contributed by atoms with E-state index in [2.05, 4.69) is 10.3 Å². The molecule has 3 aromatic rings. The molecule has 0 amide bonds. The minimum Gasteiger partial charge on any atom is -0.496 e. The lowest BCUT2D eigenvalue weighted by atomic mass is 9.94. The fourth-order valence-electron chi connectivity index (χ4n) is 3.77. The molecule has 0 aliphatic rings. The van der Waals surface area contributed by atoms with Crippen molar-refractivity contribution in [2.75, 3.05) is 21.3 Å². The minimum atomic E-state index is -0.407. The first-order chi connectivity index (χ1) is 16.9. The summed E-state index contributed by atoms with van der Waals surface area (Å²) in [4.78, 5) is 26.8. The third-order valence-corrected chi connectivity index (χ3v) is 5.45. The Balaban J connectivity index is 2.08. The zero-order valence-corrected chi connectivity index (χ0v) is 19.6. The Morgan fingerprint density at radius 1 is 0.743 bits per heavy atom. The molecule has 0 aromatic heterocycles. The van der Waals surface area contributed by atoms with E-state index < -0.39 is 5.78 Å². The maximum atomic E-state index is 13.4. The van der Waals surface area contributed by atoms with Crippen molar-refractivity contribution in [2.24, 2.45) is 10.3 Å². The normalized spacial score (nSPS) is 11.1. The van der Waals surface area contributed by atoms with E-state index in [-0.39, 0.29) is 45.1 Å². The van der Waals surface area contributed by atoms with Gasteiger partial charge in [0, 0.05) is 16.7 Å². The zero-order valence-electron chi connectivity index (χ0n) is 19.6. The molecule has 0 aliphatic heterocycles. The molecule has 180 valence electrons. The summed E-state index contributed by atoms with van der Waals surface area (Å²) in [5.74, 6) is -0.00488. The third-order valence-electron chi connectivity index (χ3n) is 5.45. The van der Waals surface area contributed by atoms with Crippen LogP contribution in [0.15, 0.2) is 58.8 Å². The predicted octanol–water partition coefficient (Wildman–Crippen LogP) is 4.10. The molecule has 0 atom stereocenters. The Labute approximate surface area is 201 Å². The van der Waals surface area contributed by atoms with Gasteiger partial charge in [0.2, 0.25) is 0 Å². The number of carbonyl (C=O) groups is 2. The number of benzene rings is 3. The summed E-state index contributed by atoms with van der Waals surface area (Å²) < 4.78 is 16.1. The van der Waals surface area contributed by atoms with Gasteiger partial charge in [-0.25, -0.2) is 0 Å². The summed E-state index contributed by atoms with van der Waals surface area (Å²) in [7, 11) is 4.25. The molecule has 3 aromatic carbocycles. The highest BCUT2D eigenvalue weighted by molar-refractivity contribution is 6.16. The number of oxime groups is 2. The Morgan fingerprint density at radius 2 is 1.26 bits per heavy atom. The number of hydrogen-bond donors (Lipinski definition) is 2. The summed E-state index contributed by atoms with van der Waals surface area (Å²) in [6.07, 6.45) is 2.32. The molecule has 0 aliphatic carbocycles. The van der Waals surface area contributed by atoms with Gasteiger partial charge in [-0.3, -0.25) is 9.59 Å². The predicted molar refractivity (Wildman–Crippen MR) is 129 cm³/mol. The molecular formula is C26H24N2O7. The van der Waals surface area contributed by atoms with E-state index in [1.165, 1.54) is 39.7 Å². The summed E-state index contributed by atoms with van der Waals surface area (Å²) >= 11 is 0. The number of ether oxygens (including phenoxy) is 3. The average Bonchev–Trinajstić information content (AvgIpc) is 2.88. The van der Waals surface area contributed by atoms with E-state index in [9.17, 15) is 9.59 Å². The lowest BCUT2D eigenvalue weighted by Gasteiger charge is -2.15. The van der Waals surface area contributed by atoms with Gasteiger partial charge in [0.05, 0.1) is 50.4 Å². The molecule has 0 radical (unpaired) electrons. The van der Waals surface area contributed by atoms with Gasteiger partial charge < -0.3 is 24.6 Å². The van der Waals surface area contributed by atoms with Crippen LogP contribution in [0, 0.1) is 6.92 Å². The van der Waals surface area contributed by atoms with Crippen LogP contribution in [0.4, 0.5) is 0 Å². The monoisotopic (exact) mass is 476 g/mol. The van der Waals surface area contributed by atoms with Crippen molar-refractivity contribution < 1.29 is 34.2 Å². The van der Waals surface area contributed by atoms with E-state index in [0.29, 0.717) is 11.3 Å². The summed E-state index contributed by atoms with van der Waals surface area (Å²) in [5.41, 5.74) is 2.47. The van der Waals surface area contributed by atoms with Crippen molar-refractivity contribution in [3.8, 4) is 17.2 Å². The van der Waals surface area contributed by atoms with Crippen molar-refractivity contribution in [1.82, 2.24) is 0 Å². The summed E-state index contributed by atoms with van der Waals surface area (Å²) in [6.45, 7) is 1.80. The van der Waals surface area contributed by atoms with Crippen LogP contribution in [-0.2, 0) is 0 Å². The fourth-order valence-corrected chi connectivity index (χ4v) is 3.77. The van der Waals surface area contributed by atoms with Crippen LogP contribution in [-0.4, -0.2) is 55.7 Å². The highest BCUT2D eigenvalue weighted by Crippen LogP contribution is 2.33. The number of rotatable bonds is 9. The topological polar surface area (TPSA) is 127 Å². The highest BCUT2D eigenvalue weighted by Gasteiger charge is 2.23. The van der Waals surface area contributed by atoms with Crippen molar-refractivity contribution in [3.63, 3.8) is 0 Å². The fraction of sp³-hybridized carbons (Fsp3) is 0.154. The molecule has 9 heteroatoms. The first-order valence-corrected chi connectivity index (χ1v) is 10.4. The van der Waals surface area contributed by atoms with Crippen LogP contribution in [0.25, 0.3) is 0 Å². The maximum absolute atomic E-state index is 13.4. The van der Waals surface area contributed by atoms with Gasteiger partial charge in [-0.05, 0) is 36.8 Å². The number of ketones is 2. The van der Waals surface area contributed by atoms with Crippen LogP contribution in [0.1, 0.15) is 48.5 Å². The number of carbonyl (C=O) groups excluding carboxylic acids is 2. The zero-order chi connectivity index (χ0) is 25.5. The van der Waals surface area contributed by atoms with Gasteiger partial charge in [0.25, 0.3) is 0 Å². The molecule has 2 N–H and O–H groups in total. The van der Waals surface area contributed by atoms with Crippen LogP contribution in [0.5, 0.6) is 17.2 Å². The number of aryl methyl sites for hydroxylation is 1. The highest BCUT2D eigenvalue weighted by atomic mass is 16.5. The smallest absolute Gasteiger partial charge is 0.196 e. The minimum absolute atomic E-state index is 0.164. The van der Waals surface area contributed by atoms with Crippen LogP contribution in [0.3, 0.4) is 0 Å². The second-order valence-corrected chi connectivity index (χ2v) is 7.37. The molecule has 0 fully saturated rings. The van der Waals surface area contributed by atoms with Gasteiger partial charge >= 0.3 is 0 Å². The molecule has 0 bridgehead atoms. The number of hydrogen-bond acceptors (Lipinski definition) is 9. The van der Waals surface area contributed by atoms with Crippen LogP contribution < -0.4 is 14.2 Å². The first-order valence-electron chi connectivity index (χ1n) is 10.4. The van der Waals surface area contributed by atoms with Crippen LogP contribution in [0.2, 0.25) is 0 Å². The molecule has 0 unspecified atom stereocenters. The Hall–Kier alpha value is -4.66. The Kier molecular flexibility index (Phi) is 7.83. The molecule has 0 heterocycles. The number of methoxy groups -OCH3 is 3. The molecule has 3 rings (SSSR count). The lowest BCUT2D eigenvalue weighted by Crippen LogP contribution is -2.10. The molecular weight excluding hydrogens is 452 g/mol. The van der Waals surface area contributed by atoms with Crippen molar-refractivity contribution in [3.05, 3.63) is 87.5 Å². The SMILES string of the molecule is COc1ccc(C(=O)c2cccc(C(=O)c3ccc(C)c(/C=N\O)c3OC)c2)c(OC)c1/C=N\O. The van der Waals surface area contributed by atoms with Gasteiger partial charge in [0.15, 0.2) is 11.6 Å². The van der Waals surface area contributed by atoms with Gasteiger partial charge in [0.1, 0.15) is 17.2 Å². The second-order valence-electron chi connectivity index (χ2n) is 7.37. The van der Waals surface area contributed by atoms with E-state index in [4.69, 9.17) is 24.6 Å². The van der Waals surface area contributed by atoms with Crippen molar-refractivity contribution in [2.45, 2.75) is 6.92 Å². The van der Waals surface area contributed by atoms with E-state index >= 15 is 0 Å². The Bertz CT molecular complexity index is 1330. The maximum Gasteiger partial charge on any atom is 0.196 e. The van der Waals surface area contributed by atoms with E-state index in [1.807, 2.05) is 0 Å². The second kappa shape index (κ2) is 11.0. The molecule has 0 saturated carbocycles.